The van der Waals surface area contributed by atoms with Crippen LogP contribution < -0.4 is 15.5 Å². The highest BCUT2D eigenvalue weighted by molar-refractivity contribution is 5.85. The molecule has 1 aliphatic heterocycles. The number of hydrogen-bond donors (Lipinski definition) is 2. The number of aromatic nitrogens is 1. The minimum absolute atomic E-state index is 0.0422. The number of halogens is 3. The Morgan fingerprint density at radius 3 is 2.46 bits per heavy atom. The van der Waals surface area contributed by atoms with Crippen LogP contribution in [0.15, 0.2) is 18.3 Å². The molecule has 0 bridgehead atoms. The first kappa shape index (κ1) is 20.0. The number of carbonyl (C=O) groups is 2. The van der Waals surface area contributed by atoms with Gasteiger partial charge >= 0.3 is 6.18 Å². The maximum absolute atomic E-state index is 12.6. The van der Waals surface area contributed by atoms with Crippen LogP contribution in [0.2, 0.25) is 0 Å². The van der Waals surface area contributed by atoms with Gasteiger partial charge in [-0.3, -0.25) is 9.59 Å². The summed E-state index contributed by atoms with van der Waals surface area (Å²) in [6.07, 6.45) is -1.63. The predicted octanol–water partition coefficient (Wildman–Crippen LogP) is 1.96. The van der Waals surface area contributed by atoms with E-state index in [0.29, 0.717) is 38.3 Å². The second-order valence-corrected chi connectivity index (χ2v) is 6.23. The first-order chi connectivity index (χ1) is 12.3. The van der Waals surface area contributed by atoms with Gasteiger partial charge in [0.15, 0.2) is 0 Å². The van der Waals surface area contributed by atoms with E-state index in [-0.39, 0.29) is 24.3 Å². The molecule has 0 aliphatic carbocycles. The van der Waals surface area contributed by atoms with Crippen LogP contribution in [-0.4, -0.2) is 43.0 Å². The normalized spacial score (nSPS) is 15.6. The maximum atomic E-state index is 12.6. The van der Waals surface area contributed by atoms with E-state index in [2.05, 4.69) is 15.6 Å². The number of rotatable bonds is 6. The molecule has 2 rings (SSSR count). The zero-order chi connectivity index (χ0) is 19.2. The van der Waals surface area contributed by atoms with Crippen molar-refractivity contribution in [1.29, 1.82) is 0 Å². The molecule has 1 aromatic heterocycles. The fraction of sp³-hybridized carbons (Fsp3) is 0.588. The van der Waals surface area contributed by atoms with Crippen LogP contribution in [-0.2, 0) is 15.8 Å². The van der Waals surface area contributed by atoms with E-state index in [9.17, 15) is 22.8 Å². The summed E-state index contributed by atoms with van der Waals surface area (Å²) in [5, 5.41) is 5.31. The average Bonchev–Trinajstić information content (AvgIpc) is 2.64. The molecule has 0 aromatic carbocycles. The number of anilines is 1. The summed E-state index contributed by atoms with van der Waals surface area (Å²) in [7, 11) is 0. The van der Waals surface area contributed by atoms with E-state index in [1.165, 1.54) is 6.07 Å². The van der Waals surface area contributed by atoms with Gasteiger partial charge in [0.05, 0.1) is 12.1 Å². The van der Waals surface area contributed by atoms with Crippen molar-refractivity contribution in [3.05, 3.63) is 23.9 Å². The Hall–Kier alpha value is -2.32. The molecular formula is C17H23F3N4O2. The van der Waals surface area contributed by atoms with Gasteiger partial charge in [0.1, 0.15) is 5.82 Å². The van der Waals surface area contributed by atoms with Gasteiger partial charge in [0.2, 0.25) is 11.8 Å². The highest BCUT2D eigenvalue weighted by atomic mass is 19.4. The van der Waals surface area contributed by atoms with Crippen molar-refractivity contribution in [2.75, 3.05) is 31.1 Å². The number of carbonyl (C=O) groups excluding carboxylic acids is 2. The highest BCUT2D eigenvalue weighted by Crippen LogP contribution is 2.30. The van der Waals surface area contributed by atoms with Crippen molar-refractivity contribution in [3.63, 3.8) is 0 Å². The molecule has 0 unspecified atom stereocenters. The Kier molecular flexibility index (Phi) is 6.82. The third-order valence-electron chi connectivity index (χ3n) is 4.26. The molecule has 2 heterocycles. The van der Waals surface area contributed by atoms with E-state index in [4.69, 9.17) is 0 Å². The zero-order valence-electron chi connectivity index (χ0n) is 14.6. The molecule has 0 atom stereocenters. The summed E-state index contributed by atoms with van der Waals surface area (Å²) in [6.45, 7) is 3.53. The van der Waals surface area contributed by atoms with Gasteiger partial charge in [0.25, 0.3) is 0 Å². The summed E-state index contributed by atoms with van der Waals surface area (Å²) >= 11 is 0. The summed E-state index contributed by atoms with van der Waals surface area (Å²) < 4.78 is 37.7. The van der Waals surface area contributed by atoms with Crippen molar-refractivity contribution in [1.82, 2.24) is 15.6 Å². The number of amides is 2. The van der Waals surface area contributed by atoms with Crippen molar-refractivity contribution in [2.24, 2.45) is 5.92 Å². The quantitative estimate of drug-likeness (QED) is 0.801. The number of alkyl halides is 3. The van der Waals surface area contributed by atoms with Crippen molar-refractivity contribution in [2.45, 2.75) is 32.4 Å². The third-order valence-corrected chi connectivity index (χ3v) is 4.26. The fourth-order valence-electron chi connectivity index (χ4n) is 2.75. The number of nitrogens with one attached hydrogen (secondary N) is 2. The Labute approximate surface area is 150 Å². The number of pyridine rings is 1. The van der Waals surface area contributed by atoms with Crippen molar-refractivity contribution < 1.29 is 22.8 Å². The van der Waals surface area contributed by atoms with E-state index < -0.39 is 11.7 Å². The summed E-state index contributed by atoms with van der Waals surface area (Å²) in [4.78, 5) is 29.4. The molecule has 0 spiro atoms. The number of piperidine rings is 1. The standard InChI is InChI=1S/C17H23F3N4O2/c1-2-7-21-15(25)11-23-16(26)12-5-8-24(9-6-12)14-4-3-13(10-22-14)17(18,19)20/h3-4,10,12H,2,5-9,11H2,1H3,(H,21,25)(H,23,26). The largest absolute Gasteiger partial charge is 0.417 e. The first-order valence-electron chi connectivity index (χ1n) is 8.64. The second-order valence-electron chi connectivity index (χ2n) is 6.23. The molecular weight excluding hydrogens is 349 g/mol. The molecule has 1 aromatic rings. The van der Waals surface area contributed by atoms with E-state index >= 15 is 0 Å². The molecule has 6 nitrogen and oxygen atoms in total. The van der Waals surface area contributed by atoms with Gasteiger partial charge in [-0.1, -0.05) is 6.92 Å². The lowest BCUT2D eigenvalue weighted by atomic mass is 9.96. The molecule has 2 N–H and O–H groups in total. The Morgan fingerprint density at radius 1 is 1.23 bits per heavy atom. The average molecular weight is 372 g/mol. The summed E-state index contributed by atoms with van der Waals surface area (Å²) in [5.41, 5.74) is -0.781. The smallest absolute Gasteiger partial charge is 0.357 e. The maximum Gasteiger partial charge on any atom is 0.417 e. The van der Waals surface area contributed by atoms with E-state index in [1.54, 1.807) is 0 Å². The highest BCUT2D eigenvalue weighted by Gasteiger charge is 2.31. The summed E-state index contributed by atoms with van der Waals surface area (Å²) in [6, 6.07) is 2.36. The third kappa shape index (κ3) is 5.60. The lowest BCUT2D eigenvalue weighted by Gasteiger charge is -2.32. The van der Waals surface area contributed by atoms with Crippen LogP contribution in [0.25, 0.3) is 0 Å². The molecule has 0 saturated carbocycles. The number of nitrogens with zero attached hydrogens (tertiary/aromatic N) is 2. The van der Waals surface area contributed by atoms with Crippen LogP contribution in [0.3, 0.4) is 0 Å². The monoisotopic (exact) mass is 372 g/mol. The number of hydrogen-bond acceptors (Lipinski definition) is 4. The lowest BCUT2D eigenvalue weighted by molar-refractivity contribution is -0.137. The van der Waals surface area contributed by atoms with Gasteiger partial charge in [-0.2, -0.15) is 13.2 Å². The Bertz CT molecular complexity index is 611. The van der Waals surface area contributed by atoms with Gasteiger partial charge in [0, 0.05) is 31.7 Å². The Balaban J connectivity index is 1.79. The van der Waals surface area contributed by atoms with Crippen LogP contribution in [0.1, 0.15) is 31.7 Å². The molecule has 0 radical (unpaired) electrons. The molecule has 26 heavy (non-hydrogen) atoms. The molecule has 1 saturated heterocycles. The van der Waals surface area contributed by atoms with Gasteiger partial charge in [-0.05, 0) is 31.4 Å². The van der Waals surface area contributed by atoms with Crippen molar-refractivity contribution >= 4 is 17.6 Å². The van der Waals surface area contributed by atoms with E-state index in [1.807, 2.05) is 11.8 Å². The SMILES string of the molecule is CCCNC(=O)CNC(=O)C1CCN(c2ccc(C(F)(F)F)cn2)CC1. The lowest BCUT2D eigenvalue weighted by Crippen LogP contribution is -2.44. The van der Waals surface area contributed by atoms with Gasteiger partial charge < -0.3 is 15.5 Å². The van der Waals surface area contributed by atoms with Crippen LogP contribution in [0, 0.1) is 5.92 Å². The molecule has 1 fully saturated rings. The molecule has 2 amide bonds. The first-order valence-corrected chi connectivity index (χ1v) is 8.64. The van der Waals surface area contributed by atoms with Crippen LogP contribution in [0.4, 0.5) is 19.0 Å². The zero-order valence-corrected chi connectivity index (χ0v) is 14.6. The van der Waals surface area contributed by atoms with Crippen LogP contribution >= 0.6 is 0 Å². The minimum Gasteiger partial charge on any atom is -0.357 e. The minimum atomic E-state index is -4.40. The molecule has 9 heteroatoms. The van der Waals surface area contributed by atoms with Crippen LogP contribution in [0.5, 0.6) is 0 Å². The van der Waals surface area contributed by atoms with Gasteiger partial charge in [-0.15, -0.1) is 0 Å². The van der Waals surface area contributed by atoms with Crippen molar-refractivity contribution in [3.8, 4) is 0 Å². The Morgan fingerprint density at radius 2 is 1.92 bits per heavy atom. The molecule has 1 aliphatic rings. The summed E-state index contributed by atoms with van der Waals surface area (Å²) in [5.74, 6) is -0.126. The van der Waals surface area contributed by atoms with E-state index in [0.717, 1.165) is 18.7 Å². The predicted molar refractivity (Wildman–Crippen MR) is 90.5 cm³/mol. The van der Waals surface area contributed by atoms with Gasteiger partial charge in [-0.25, -0.2) is 4.98 Å². The molecule has 144 valence electrons. The second kappa shape index (κ2) is 8.86. The topological polar surface area (TPSA) is 74.3 Å². The fourth-order valence-corrected chi connectivity index (χ4v) is 2.75.